The van der Waals surface area contributed by atoms with Crippen LogP contribution < -0.4 is 5.32 Å². The molecule has 0 bridgehead atoms. The molecule has 120 valence electrons. The van der Waals surface area contributed by atoms with Gasteiger partial charge in [-0.15, -0.1) is 0 Å². The average Bonchev–Trinajstić information content (AvgIpc) is 2.63. The summed E-state index contributed by atoms with van der Waals surface area (Å²) in [7, 11) is 0. The van der Waals surface area contributed by atoms with E-state index in [0.29, 0.717) is 6.61 Å². The fraction of sp³-hybridized carbons (Fsp3) is 0.824. The van der Waals surface area contributed by atoms with Crippen LogP contribution in [0.5, 0.6) is 0 Å². The van der Waals surface area contributed by atoms with Gasteiger partial charge in [-0.05, 0) is 59.9 Å². The number of nitrogens with one attached hydrogen (secondary N) is 1. The van der Waals surface area contributed by atoms with E-state index in [0.717, 1.165) is 19.4 Å². The van der Waals surface area contributed by atoms with Gasteiger partial charge in [-0.25, -0.2) is 0 Å². The molecule has 0 spiro atoms. The number of hydrogen-bond donors (Lipinski definition) is 1. The highest BCUT2D eigenvalue weighted by atomic mass is 16.6. The first kappa shape index (κ1) is 16.5. The summed E-state index contributed by atoms with van der Waals surface area (Å²) < 4.78 is 11.4. The third-order valence-corrected chi connectivity index (χ3v) is 4.29. The Kier molecular flexibility index (Phi) is 4.79. The molecule has 4 nitrogen and oxygen atoms in total. The summed E-state index contributed by atoms with van der Waals surface area (Å²) in [5, 5.41) is 3.48. The summed E-state index contributed by atoms with van der Waals surface area (Å²) in [6, 6.07) is 0. The van der Waals surface area contributed by atoms with E-state index in [1.807, 2.05) is 20.8 Å². The van der Waals surface area contributed by atoms with Crippen LogP contribution in [0.3, 0.4) is 0 Å². The number of rotatable bonds is 3. The van der Waals surface area contributed by atoms with Crippen LogP contribution in [0.4, 0.5) is 0 Å². The predicted molar refractivity (Wildman–Crippen MR) is 83.0 cm³/mol. The molecular formula is C17H29NO3. The molecule has 1 fully saturated rings. The molecule has 4 heteroatoms. The lowest BCUT2D eigenvalue weighted by atomic mass is 9.79. The zero-order valence-corrected chi connectivity index (χ0v) is 13.9. The lowest BCUT2D eigenvalue weighted by Gasteiger charge is -2.32. The van der Waals surface area contributed by atoms with E-state index in [1.54, 1.807) is 0 Å². The van der Waals surface area contributed by atoms with Gasteiger partial charge in [0.05, 0.1) is 18.6 Å². The molecule has 1 N–H and O–H groups in total. The topological polar surface area (TPSA) is 47.6 Å². The van der Waals surface area contributed by atoms with Crippen molar-refractivity contribution in [3.8, 4) is 0 Å². The van der Waals surface area contributed by atoms with E-state index in [-0.39, 0.29) is 29.4 Å². The predicted octanol–water partition coefficient (Wildman–Crippen LogP) is 2.68. The standard InChI is InChI=1S/C17H29NO3/c1-16(2,3)21-15(19)14-12(11-18-17(14,4)5)10-13-8-6-7-9-20-13/h6-7,12-14,18H,8-11H2,1-5H3/t12?,13?,14-/m1/s1. The van der Waals surface area contributed by atoms with Crippen molar-refractivity contribution < 1.29 is 14.3 Å². The first-order valence-electron chi connectivity index (χ1n) is 7.93. The van der Waals surface area contributed by atoms with Crippen LogP contribution in [0.15, 0.2) is 12.2 Å². The summed E-state index contributed by atoms with van der Waals surface area (Å²) in [6.45, 7) is 11.5. The van der Waals surface area contributed by atoms with Crippen molar-refractivity contribution in [2.24, 2.45) is 11.8 Å². The van der Waals surface area contributed by atoms with E-state index in [1.165, 1.54) is 0 Å². The second kappa shape index (κ2) is 6.09. The van der Waals surface area contributed by atoms with Crippen molar-refractivity contribution in [1.82, 2.24) is 5.32 Å². The molecule has 2 heterocycles. The molecule has 3 atom stereocenters. The Bertz CT molecular complexity index is 409. The summed E-state index contributed by atoms with van der Waals surface area (Å²) in [5.41, 5.74) is -0.665. The Labute approximate surface area is 128 Å². The van der Waals surface area contributed by atoms with Gasteiger partial charge in [0.1, 0.15) is 5.60 Å². The van der Waals surface area contributed by atoms with Gasteiger partial charge in [0.15, 0.2) is 0 Å². The van der Waals surface area contributed by atoms with Gasteiger partial charge in [-0.3, -0.25) is 4.79 Å². The third kappa shape index (κ3) is 4.30. The molecule has 0 saturated carbocycles. The molecule has 1 saturated heterocycles. The molecule has 0 aromatic rings. The molecule has 0 aromatic carbocycles. The van der Waals surface area contributed by atoms with Crippen molar-refractivity contribution in [1.29, 1.82) is 0 Å². The Hall–Kier alpha value is -0.870. The zero-order valence-electron chi connectivity index (χ0n) is 13.9. The normalized spacial score (nSPS) is 32.1. The molecule has 0 aliphatic carbocycles. The number of carbonyl (C=O) groups excluding carboxylic acids is 1. The van der Waals surface area contributed by atoms with Crippen LogP contribution >= 0.6 is 0 Å². The molecule has 2 rings (SSSR count). The molecular weight excluding hydrogens is 266 g/mol. The summed E-state index contributed by atoms with van der Waals surface area (Å²) in [5.74, 6) is 0.0615. The third-order valence-electron chi connectivity index (χ3n) is 4.29. The minimum Gasteiger partial charge on any atom is -0.460 e. The van der Waals surface area contributed by atoms with Gasteiger partial charge in [0, 0.05) is 5.54 Å². The Balaban J connectivity index is 2.05. The minimum absolute atomic E-state index is 0.0890. The van der Waals surface area contributed by atoms with E-state index in [2.05, 4.69) is 31.3 Å². The zero-order chi connectivity index (χ0) is 15.7. The molecule has 2 aliphatic heterocycles. The maximum Gasteiger partial charge on any atom is 0.311 e. The summed E-state index contributed by atoms with van der Waals surface area (Å²) in [6.07, 6.45) is 6.30. The van der Waals surface area contributed by atoms with Gasteiger partial charge in [-0.1, -0.05) is 12.2 Å². The lowest BCUT2D eigenvalue weighted by Crippen LogP contribution is -2.45. The van der Waals surface area contributed by atoms with E-state index in [4.69, 9.17) is 9.47 Å². The van der Waals surface area contributed by atoms with Crippen molar-refractivity contribution >= 4 is 5.97 Å². The average molecular weight is 295 g/mol. The number of esters is 1. The van der Waals surface area contributed by atoms with Crippen LogP contribution in [0.2, 0.25) is 0 Å². The summed E-state index contributed by atoms with van der Waals surface area (Å²) >= 11 is 0. The highest BCUT2D eigenvalue weighted by Gasteiger charge is 2.48. The van der Waals surface area contributed by atoms with Crippen molar-refractivity contribution in [2.45, 2.75) is 64.7 Å². The first-order chi connectivity index (χ1) is 9.69. The van der Waals surface area contributed by atoms with E-state index >= 15 is 0 Å². The van der Waals surface area contributed by atoms with Gasteiger partial charge in [0.2, 0.25) is 0 Å². The second-order valence-electron chi connectivity index (χ2n) is 7.77. The molecule has 21 heavy (non-hydrogen) atoms. The first-order valence-corrected chi connectivity index (χ1v) is 7.93. The van der Waals surface area contributed by atoms with Crippen molar-refractivity contribution in [3.63, 3.8) is 0 Å². The van der Waals surface area contributed by atoms with Crippen LogP contribution in [0.25, 0.3) is 0 Å². The van der Waals surface area contributed by atoms with Gasteiger partial charge in [0.25, 0.3) is 0 Å². The fourth-order valence-corrected chi connectivity index (χ4v) is 3.36. The van der Waals surface area contributed by atoms with Crippen LogP contribution in [-0.2, 0) is 14.3 Å². The smallest absolute Gasteiger partial charge is 0.311 e. The Morgan fingerprint density at radius 3 is 2.67 bits per heavy atom. The Morgan fingerprint density at radius 2 is 2.10 bits per heavy atom. The van der Waals surface area contributed by atoms with Crippen LogP contribution in [-0.4, -0.2) is 36.4 Å². The van der Waals surface area contributed by atoms with Crippen molar-refractivity contribution in [2.75, 3.05) is 13.2 Å². The van der Waals surface area contributed by atoms with Gasteiger partial charge in [-0.2, -0.15) is 0 Å². The molecule has 2 unspecified atom stereocenters. The molecule has 0 aromatic heterocycles. The lowest BCUT2D eigenvalue weighted by molar-refractivity contribution is -0.163. The maximum atomic E-state index is 12.6. The number of ether oxygens (including phenoxy) is 2. The molecule has 2 aliphatic rings. The van der Waals surface area contributed by atoms with E-state index < -0.39 is 5.60 Å². The summed E-state index contributed by atoms with van der Waals surface area (Å²) in [4.78, 5) is 12.6. The highest BCUT2D eigenvalue weighted by molar-refractivity contribution is 5.75. The minimum atomic E-state index is -0.440. The number of carbonyl (C=O) groups is 1. The molecule has 0 radical (unpaired) electrons. The van der Waals surface area contributed by atoms with E-state index in [9.17, 15) is 4.79 Å². The largest absolute Gasteiger partial charge is 0.460 e. The monoisotopic (exact) mass is 295 g/mol. The second-order valence-corrected chi connectivity index (χ2v) is 7.77. The quantitative estimate of drug-likeness (QED) is 0.642. The van der Waals surface area contributed by atoms with Crippen LogP contribution in [0.1, 0.15) is 47.5 Å². The number of hydrogen-bond acceptors (Lipinski definition) is 4. The van der Waals surface area contributed by atoms with Gasteiger partial charge < -0.3 is 14.8 Å². The molecule has 0 amide bonds. The SMILES string of the molecule is CC(C)(C)OC(=O)[C@H]1C(CC2CC=CCO2)CNC1(C)C. The maximum absolute atomic E-state index is 12.6. The van der Waals surface area contributed by atoms with Crippen LogP contribution in [0, 0.1) is 11.8 Å². The highest BCUT2D eigenvalue weighted by Crippen LogP contribution is 2.36. The Morgan fingerprint density at radius 1 is 1.38 bits per heavy atom. The van der Waals surface area contributed by atoms with Crippen molar-refractivity contribution in [3.05, 3.63) is 12.2 Å². The fourth-order valence-electron chi connectivity index (χ4n) is 3.36. The van der Waals surface area contributed by atoms with Gasteiger partial charge >= 0.3 is 5.97 Å².